The summed E-state index contributed by atoms with van der Waals surface area (Å²) in [6.45, 7) is 1.96. The van der Waals surface area contributed by atoms with Gasteiger partial charge in [-0.2, -0.15) is 5.26 Å². The molecular weight excluding hydrogens is 255 g/mol. The fraction of sp³-hybridized carbons (Fsp3) is 0.133. The van der Waals surface area contributed by atoms with Gasteiger partial charge in [-0.3, -0.25) is 4.57 Å². The molecule has 4 nitrogen and oxygen atoms in total. The Balaban J connectivity index is 2.46. The predicted octanol–water partition coefficient (Wildman–Crippen LogP) is 2.99. The van der Waals surface area contributed by atoms with Crippen LogP contribution in [-0.2, 0) is 6.42 Å². The molecular formula is C15H11FN4. The van der Waals surface area contributed by atoms with Crippen molar-refractivity contribution in [2.45, 2.75) is 13.3 Å². The molecule has 2 heterocycles. The number of hydrogen-bond donors (Lipinski definition) is 0. The third-order valence-electron chi connectivity index (χ3n) is 3.14. The maximum atomic E-state index is 13.8. The van der Waals surface area contributed by atoms with Gasteiger partial charge in [0.2, 0.25) is 0 Å². The highest BCUT2D eigenvalue weighted by Gasteiger charge is 2.18. The first kappa shape index (κ1) is 12.3. The van der Waals surface area contributed by atoms with Crippen LogP contribution in [0, 0.1) is 17.1 Å². The zero-order valence-corrected chi connectivity index (χ0v) is 10.8. The van der Waals surface area contributed by atoms with Crippen molar-refractivity contribution < 1.29 is 4.39 Å². The fourth-order valence-corrected chi connectivity index (χ4v) is 2.27. The van der Waals surface area contributed by atoms with E-state index in [4.69, 9.17) is 0 Å². The first-order valence-corrected chi connectivity index (χ1v) is 6.27. The van der Waals surface area contributed by atoms with E-state index < -0.39 is 5.82 Å². The summed E-state index contributed by atoms with van der Waals surface area (Å²) >= 11 is 0. The topological polar surface area (TPSA) is 54.5 Å². The molecule has 98 valence electrons. The summed E-state index contributed by atoms with van der Waals surface area (Å²) < 4.78 is 15.6. The number of aromatic nitrogens is 3. The molecule has 0 N–H and O–H groups in total. The fourth-order valence-electron chi connectivity index (χ4n) is 2.27. The summed E-state index contributed by atoms with van der Waals surface area (Å²) in [5.74, 6) is 0.842. The molecule has 20 heavy (non-hydrogen) atoms. The lowest BCUT2D eigenvalue weighted by Gasteiger charge is -2.07. The van der Waals surface area contributed by atoms with E-state index in [-0.39, 0.29) is 5.56 Å². The van der Waals surface area contributed by atoms with Gasteiger partial charge in [0.1, 0.15) is 29.1 Å². The van der Waals surface area contributed by atoms with Crippen molar-refractivity contribution in [2.24, 2.45) is 0 Å². The van der Waals surface area contributed by atoms with Crippen LogP contribution in [-0.4, -0.2) is 14.5 Å². The van der Waals surface area contributed by atoms with Crippen molar-refractivity contribution >= 4 is 11.0 Å². The number of imidazole rings is 1. The highest BCUT2D eigenvalue weighted by atomic mass is 19.1. The van der Waals surface area contributed by atoms with E-state index in [0.29, 0.717) is 23.3 Å². The number of rotatable bonds is 2. The SMILES string of the molecule is CCc1nc2ccc(F)c(C#N)c2n1-c1ccccn1. The number of aryl methyl sites for hydroxylation is 1. The lowest BCUT2D eigenvalue weighted by Crippen LogP contribution is -2.03. The number of benzene rings is 1. The summed E-state index contributed by atoms with van der Waals surface area (Å²) in [6, 6.07) is 10.2. The Bertz CT molecular complexity index is 815. The largest absolute Gasteiger partial charge is 0.279 e. The Kier molecular flexibility index (Phi) is 2.92. The Labute approximate surface area is 115 Å². The van der Waals surface area contributed by atoms with Gasteiger partial charge in [0.05, 0.1) is 11.0 Å². The molecule has 0 atom stereocenters. The molecule has 0 aliphatic rings. The zero-order chi connectivity index (χ0) is 14.1. The smallest absolute Gasteiger partial charge is 0.143 e. The molecule has 2 aromatic heterocycles. The third-order valence-corrected chi connectivity index (χ3v) is 3.14. The molecule has 0 saturated heterocycles. The summed E-state index contributed by atoms with van der Waals surface area (Å²) in [7, 11) is 0. The van der Waals surface area contributed by atoms with Crippen LogP contribution in [0.4, 0.5) is 4.39 Å². The quantitative estimate of drug-likeness (QED) is 0.716. The number of nitriles is 1. The Hall–Kier alpha value is -2.74. The molecule has 0 aliphatic heterocycles. The Morgan fingerprint density at radius 3 is 2.80 bits per heavy atom. The van der Waals surface area contributed by atoms with Gasteiger partial charge >= 0.3 is 0 Å². The highest BCUT2D eigenvalue weighted by molar-refractivity contribution is 5.84. The van der Waals surface area contributed by atoms with E-state index in [9.17, 15) is 9.65 Å². The van der Waals surface area contributed by atoms with Crippen LogP contribution < -0.4 is 0 Å². The number of hydrogen-bond acceptors (Lipinski definition) is 3. The predicted molar refractivity (Wildman–Crippen MR) is 72.9 cm³/mol. The Morgan fingerprint density at radius 2 is 2.15 bits per heavy atom. The van der Waals surface area contributed by atoms with Gasteiger partial charge in [0, 0.05) is 12.6 Å². The maximum Gasteiger partial charge on any atom is 0.143 e. The van der Waals surface area contributed by atoms with Gasteiger partial charge in [-0.25, -0.2) is 14.4 Å². The van der Waals surface area contributed by atoms with E-state index in [1.807, 2.05) is 25.1 Å². The second kappa shape index (κ2) is 4.74. The molecule has 3 rings (SSSR count). The van der Waals surface area contributed by atoms with Crippen molar-refractivity contribution in [2.75, 3.05) is 0 Å². The molecule has 5 heteroatoms. The first-order valence-electron chi connectivity index (χ1n) is 6.27. The summed E-state index contributed by atoms with van der Waals surface area (Å²) in [4.78, 5) is 8.74. The van der Waals surface area contributed by atoms with Gasteiger partial charge < -0.3 is 0 Å². The standard InChI is InChI=1S/C15H11FN4/c1-2-13-19-12-7-6-11(16)10(9-17)15(12)20(13)14-5-3-4-8-18-14/h3-8H,2H2,1H3. The lowest BCUT2D eigenvalue weighted by molar-refractivity contribution is 0.625. The van der Waals surface area contributed by atoms with Gasteiger partial charge in [0.25, 0.3) is 0 Å². The summed E-state index contributed by atoms with van der Waals surface area (Å²) in [5, 5.41) is 9.22. The summed E-state index contributed by atoms with van der Waals surface area (Å²) in [5.41, 5.74) is 1.08. The molecule has 0 radical (unpaired) electrons. The van der Waals surface area contributed by atoms with Crippen LogP contribution in [0.25, 0.3) is 16.9 Å². The Morgan fingerprint density at radius 1 is 1.30 bits per heavy atom. The summed E-state index contributed by atoms with van der Waals surface area (Å²) in [6.07, 6.45) is 2.32. The normalized spacial score (nSPS) is 10.7. The van der Waals surface area contributed by atoms with Gasteiger partial charge in [-0.1, -0.05) is 13.0 Å². The molecule has 0 aliphatic carbocycles. The lowest BCUT2D eigenvalue weighted by atomic mass is 10.2. The molecule has 0 fully saturated rings. The van der Waals surface area contributed by atoms with Gasteiger partial charge in [-0.15, -0.1) is 0 Å². The molecule has 0 saturated carbocycles. The van der Waals surface area contributed by atoms with E-state index in [2.05, 4.69) is 9.97 Å². The van der Waals surface area contributed by atoms with Crippen LogP contribution >= 0.6 is 0 Å². The minimum atomic E-state index is -0.542. The van der Waals surface area contributed by atoms with Crippen molar-refractivity contribution in [1.82, 2.24) is 14.5 Å². The number of pyridine rings is 1. The second-order valence-corrected chi connectivity index (χ2v) is 4.31. The molecule has 0 unspecified atom stereocenters. The van der Waals surface area contributed by atoms with Crippen molar-refractivity contribution in [3.8, 4) is 11.9 Å². The molecule has 1 aromatic carbocycles. The average molecular weight is 266 g/mol. The maximum absolute atomic E-state index is 13.8. The van der Waals surface area contributed by atoms with Crippen molar-refractivity contribution in [1.29, 1.82) is 5.26 Å². The second-order valence-electron chi connectivity index (χ2n) is 4.31. The molecule has 0 bridgehead atoms. The van der Waals surface area contributed by atoms with E-state index in [0.717, 1.165) is 5.82 Å². The monoisotopic (exact) mass is 266 g/mol. The average Bonchev–Trinajstić information content (AvgIpc) is 2.86. The van der Waals surface area contributed by atoms with Crippen LogP contribution in [0.15, 0.2) is 36.5 Å². The first-order chi connectivity index (χ1) is 9.76. The van der Waals surface area contributed by atoms with Gasteiger partial charge in [-0.05, 0) is 24.3 Å². The van der Waals surface area contributed by atoms with Crippen molar-refractivity contribution in [3.05, 3.63) is 53.7 Å². The van der Waals surface area contributed by atoms with Crippen LogP contribution in [0.3, 0.4) is 0 Å². The van der Waals surface area contributed by atoms with E-state index >= 15 is 0 Å². The van der Waals surface area contributed by atoms with Crippen LogP contribution in [0.5, 0.6) is 0 Å². The number of nitrogens with zero attached hydrogens (tertiary/aromatic N) is 4. The van der Waals surface area contributed by atoms with Crippen LogP contribution in [0.1, 0.15) is 18.3 Å². The van der Waals surface area contributed by atoms with Crippen molar-refractivity contribution in [3.63, 3.8) is 0 Å². The van der Waals surface area contributed by atoms with E-state index in [1.54, 1.807) is 22.9 Å². The number of halogens is 1. The highest BCUT2D eigenvalue weighted by Crippen LogP contribution is 2.25. The number of fused-ring (bicyclic) bond motifs is 1. The minimum Gasteiger partial charge on any atom is -0.279 e. The zero-order valence-electron chi connectivity index (χ0n) is 10.8. The molecule has 3 aromatic rings. The molecule has 0 amide bonds. The van der Waals surface area contributed by atoms with Gasteiger partial charge in [0.15, 0.2) is 0 Å². The minimum absolute atomic E-state index is 0.000327. The van der Waals surface area contributed by atoms with E-state index in [1.165, 1.54) is 6.07 Å². The third kappa shape index (κ3) is 1.74. The van der Waals surface area contributed by atoms with Crippen LogP contribution in [0.2, 0.25) is 0 Å². The molecule has 0 spiro atoms.